The summed E-state index contributed by atoms with van der Waals surface area (Å²) in [5.74, 6) is 0.315. The molecule has 0 saturated heterocycles. The Morgan fingerprint density at radius 1 is 1.00 bits per heavy atom. The molecule has 1 N–H and O–H groups in total. The Morgan fingerprint density at radius 2 is 1.62 bits per heavy atom. The zero-order chi connectivity index (χ0) is 17.5. The van der Waals surface area contributed by atoms with Crippen LogP contribution in [0.15, 0.2) is 48.5 Å². The van der Waals surface area contributed by atoms with Gasteiger partial charge in [0.1, 0.15) is 0 Å². The number of nitrogens with zero attached hydrogens (tertiary/aromatic N) is 1. The third-order valence-corrected chi connectivity index (χ3v) is 4.35. The maximum atomic E-state index is 12.5. The molecule has 0 aliphatic heterocycles. The molecule has 3 nitrogen and oxygen atoms in total. The third kappa shape index (κ3) is 4.68. The van der Waals surface area contributed by atoms with E-state index < -0.39 is 0 Å². The molecular formula is C21H28N2O. The van der Waals surface area contributed by atoms with Crippen LogP contribution in [0, 0.1) is 0 Å². The van der Waals surface area contributed by atoms with Crippen molar-refractivity contribution in [2.75, 3.05) is 18.4 Å². The van der Waals surface area contributed by atoms with Gasteiger partial charge in [0.2, 0.25) is 0 Å². The fourth-order valence-corrected chi connectivity index (χ4v) is 2.78. The van der Waals surface area contributed by atoms with Gasteiger partial charge in [-0.3, -0.25) is 9.69 Å². The Balaban J connectivity index is 2.08. The van der Waals surface area contributed by atoms with Crippen LogP contribution < -0.4 is 5.32 Å². The van der Waals surface area contributed by atoms with Gasteiger partial charge in [-0.2, -0.15) is 0 Å². The average Bonchev–Trinajstić information content (AvgIpc) is 2.60. The van der Waals surface area contributed by atoms with Crippen molar-refractivity contribution < 1.29 is 4.79 Å². The minimum absolute atomic E-state index is 0.0579. The number of para-hydroxylation sites is 1. The SMILES string of the molecule is CCN(CC)Cc1ccc(C(=O)Nc2ccccc2C(C)C)cc1. The molecule has 0 bridgehead atoms. The van der Waals surface area contributed by atoms with Gasteiger partial charge in [-0.25, -0.2) is 0 Å². The first-order valence-electron chi connectivity index (χ1n) is 8.76. The Labute approximate surface area is 145 Å². The van der Waals surface area contributed by atoms with Crippen molar-refractivity contribution in [3.63, 3.8) is 0 Å². The number of rotatable bonds is 7. The number of amides is 1. The minimum Gasteiger partial charge on any atom is -0.322 e. The standard InChI is InChI=1S/C21H28N2O/c1-5-23(6-2)15-17-11-13-18(14-12-17)21(24)22-20-10-8-7-9-19(20)16(3)4/h7-14,16H,5-6,15H2,1-4H3,(H,22,24). The summed E-state index contributed by atoms with van der Waals surface area (Å²) in [5, 5.41) is 3.04. The van der Waals surface area contributed by atoms with Crippen LogP contribution >= 0.6 is 0 Å². The first-order chi connectivity index (χ1) is 11.5. The second-order valence-corrected chi connectivity index (χ2v) is 6.35. The lowest BCUT2D eigenvalue weighted by Crippen LogP contribution is -2.22. The molecule has 0 radical (unpaired) electrons. The van der Waals surface area contributed by atoms with Gasteiger partial charge in [0.25, 0.3) is 5.91 Å². The predicted molar refractivity (Wildman–Crippen MR) is 102 cm³/mol. The molecule has 0 atom stereocenters. The summed E-state index contributed by atoms with van der Waals surface area (Å²) in [4.78, 5) is 14.9. The maximum Gasteiger partial charge on any atom is 0.255 e. The van der Waals surface area contributed by atoms with E-state index in [4.69, 9.17) is 0 Å². The summed E-state index contributed by atoms with van der Waals surface area (Å²) in [6.45, 7) is 11.6. The van der Waals surface area contributed by atoms with Crippen molar-refractivity contribution >= 4 is 11.6 Å². The number of nitrogens with one attached hydrogen (secondary N) is 1. The second kappa shape index (κ2) is 8.65. The molecule has 0 fully saturated rings. The number of carbonyl (C=O) groups excluding carboxylic acids is 1. The van der Waals surface area contributed by atoms with E-state index >= 15 is 0 Å². The Bertz CT molecular complexity index is 658. The number of hydrogen-bond acceptors (Lipinski definition) is 2. The van der Waals surface area contributed by atoms with Gasteiger partial charge >= 0.3 is 0 Å². The molecule has 0 spiro atoms. The van der Waals surface area contributed by atoms with Crippen LogP contribution in [-0.2, 0) is 6.54 Å². The van der Waals surface area contributed by atoms with Crippen molar-refractivity contribution in [1.82, 2.24) is 4.90 Å². The highest BCUT2D eigenvalue weighted by Gasteiger charge is 2.11. The van der Waals surface area contributed by atoms with Crippen LogP contribution in [0.3, 0.4) is 0 Å². The van der Waals surface area contributed by atoms with Gasteiger partial charge < -0.3 is 5.32 Å². The Morgan fingerprint density at radius 3 is 2.21 bits per heavy atom. The van der Waals surface area contributed by atoms with E-state index in [1.807, 2.05) is 42.5 Å². The van der Waals surface area contributed by atoms with E-state index in [-0.39, 0.29) is 5.91 Å². The summed E-state index contributed by atoms with van der Waals surface area (Å²) < 4.78 is 0. The van der Waals surface area contributed by atoms with E-state index in [0.717, 1.165) is 30.9 Å². The lowest BCUT2D eigenvalue weighted by Gasteiger charge is -2.18. The zero-order valence-corrected chi connectivity index (χ0v) is 15.2. The highest BCUT2D eigenvalue weighted by molar-refractivity contribution is 6.04. The third-order valence-electron chi connectivity index (χ3n) is 4.35. The summed E-state index contributed by atoms with van der Waals surface area (Å²) in [6, 6.07) is 15.9. The minimum atomic E-state index is -0.0579. The summed E-state index contributed by atoms with van der Waals surface area (Å²) in [6.07, 6.45) is 0. The summed E-state index contributed by atoms with van der Waals surface area (Å²) >= 11 is 0. The Kier molecular flexibility index (Phi) is 6.56. The van der Waals surface area contributed by atoms with Gasteiger partial charge in [0.05, 0.1) is 0 Å². The number of benzene rings is 2. The normalized spacial score (nSPS) is 11.1. The number of carbonyl (C=O) groups is 1. The van der Waals surface area contributed by atoms with E-state index in [2.05, 4.69) is 44.0 Å². The first kappa shape index (κ1) is 18.2. The Hall–Kier alpha value is -2.13. The van der Waals surface area contributed by atoms with E-state index in [9.17, 15) is 4.79 Å². The predicted octanol–water partition coefficient (Wildman–Crippen LogP) is 4.90. The van der Waals surface area contributed by atoms with Gasteiger partial charge in [-0.05, 0) is 48.3 Å². The van der Waals surface area contributed by atoms with Crippen LogP contribution in [0.1, 0.15) is 55.1 Å². The van der Waals surface area contributed by atoms with Gasteiger partial charge in [0, 0.05) is 17.8 Å². The lowest BCUT2D eigenvalue weighted by molar-refractivity contribution is 0.102. The molecule has 0 heterocycles. The quantitative estimate of drug-likeness (QED) is 0.785. The van der Waals surface area contributed by atoms with Gasteiger partial charge in [-0.15, -0.1) is 0 Å². The molecule has 0 saturated carbocycles. The van der Waals surface area contributed by atoms with Crippen LogP contribution in [0.25, 0.3) is 0 Å². The number of anilines is 1. The number of hydrogen-bond donors (Lipinski definition) is 1. The van der Waals surface area contributed by atoms with Gasteiger partial charge in [-0.1, -0.05) is 58.0 Å². The van der Waals surface area contributed by atoms with Crippen molar-refractivity contribution in [1.29, 1.82) is 0 Å². The second-order valence-electron chi connectivity index (χ2n) is 6.35. The van der Waals surface area contributed by atoms with Crippen molar-refractivity contribution in [2.45, 2.75) is 40.2 Å². The maximum absolute atomic E-state index is 12.5. The average molecular weight is 324 g/mol. The van der Waals surface area contributed by atoms with Crippen LogP contribution in [0.2, 0.25) is 0 Å². The van der Waals surface area contributed by atoms with Crippen LogP contribution in [0.5, 0.6) is 0 Å². The highest BCUT2D eigenvalue weighted by Crippen LogP contribution is 2.24. The molecule has 0 unspecified atom stereocenters. The molecule has 2 rings (SSSR count). The highest BCUT2D eigenvalue weighted by atomic mass is 16.1. The first-order valence-corrected chi connectivity index (χ1v) is 8.76. The largest absolute Gasteiger partial charge is 0.322 e. The lowest BCUT2D eigenvalue weighted by atomic mass is 10.0. The zero-order valence-electron chi connectivity index (χ0n) is 15.2. The van der Waals surface area contributed by atoms with E-state index in [0.29, 0.717) is 11.5 Å². The summed E-state index contributed by atoms with van der Waals surface area (Å²) in [5.41, 5.74) is 3.98. The molecule has 128 valence electrons. The van der Waals surface area contributed by atoms with Gasteiger partial charge in [0.15, 0.2) is 0 Å². The molecule has 1 amide bonds. The molecule has 24 heavy (non-hydrogen) atoms. The topological polar surface area (TPSA) is 32.3 Å². The molecule has 0 aromatic heterocycles. The fraction of sp³-hybridized carbons (Fsp3) is 0.381. The molecule has 2 aromatic rings. The molecule has 0 aliphatic carbocycles. The van der Waals surface area contributed by atoms with Crippen LogP contribution in [-0.4, -0.2) is 23.9 Å². The van der Waals surface area contributed by atoms with E-state index in [1.165, 1.54) is 5.56 Å². The van der Waals surface area contributed by atoms with Crippen molar-refractivity contribution in [3.05, 3.63) is 65.2 Å². The molecular weight excluding hydrogens is 296 g/mol. The molecule has 3 heteroatoms. The smallest absolute Gasteiger partial charge is 0.255 e. The summed E-state index contributed by atoms with van der Waals surface area (Å²) in [7, 11) is 0. The van der Waals surface area contributed by atoms with Crippen molar-refractivity contribution in [3.8, 4) is 0 Å². The van der Waals surface area contributed by atoms with Crippen molar-refractivity contribution in [2.24, 2.45) is 0 Å². The van der Waals surface area contributed by atoms with E-state index in [1.54, 1.807) is 0 Å². The van der Waals surface area contributed by atoms with Crippen LogP contribution in [0.4, 0.5) is 5.69 Å². The molecule has 2 aromatic carbocycles. The monoisotopic (exact) mass is 324 g/mol. The molecule has 0 aliphatic rings. The fourth-order valence-electron chi connectivity index (χ4n) is 2.78.